The third-order valence-electron chi connectivity index (χ3n) is 3.21. The number of likely N-dealkylation sites (tertiary alicyclic amines) is 1. The van der Waals surface area contributed by atoms with Crippen molar-refractivity contribution in [2.24, 2.45) is 5.92 Å². The maximum atomic E-state index is 12.1. The highest BCUT2D eigenvalue weighted by Gasteiger charge is 2.31. The molecular weight excluding hydrogens is 282 g/mol. The Labute approximate surface area is 133 Å². The molecule has 0 aromatic rings. The molecule has 1 fully saturated rings. The summed E-state index contributed by atoms with van der Waals surface area (Å²) in [5, 5.41) is 0. The van der Waals surface area contributed by atoms with E-state index in [4.69, 9.17) is 9.47 Å². The van der Waals surface area contributed by atoms with Crippen LogP contribution < -0.4 is 0 Å². The summed E-state index contributed by atoms with van der Waals surface area (Å²) in [5.41, 5.74) is -0.0323. The molecule has 1 saturated heterocycles. The van der Waals surface area contributed by atoms with Crippen molar-refractivity contribution in [2.45, 2.75) is 65.6 Å². The second-order valence-corrected chi connectivity index (χ2v) is 7.82. The van der Waals surface area contributed by atoms with Gasteiger partial charge in [0, 0.05) is 19.0 Å². The maximum absolute atomic E-state index is 12.1. The number of piperidine rings is 1. The Morgan fingerprint density at radius 2 is 1.68 bits per heavy atom. The molecule has 0 saturated carbocycles. The van der Waals surface area contributed by atoms with Crippen molar-refractivity contribution in [1.82, 2.24) is 4.90 Å². The molecule has 126 valence electrons. The van der Waals surface area contributed by atoms with Gasteiger partial charge < -0.3 is 14.4 Å². The van der Waals surface area contributed by atoms with Crippen molar-refractivity contribution >= 4 is 12.1 Å². The van der Waals surface area contributed by atoms with Crippen LogP contribution in [0.3, 0.4) is 0 Å². The Morgan fingerprint density at radius 3 is 2.18 bits per heavy atom. The van der Waals surface area contributed by atoms with Crippen molar-refractivity contribution in [3.05, 3.63) is 12.2 Å². The van der Waals surface area contributed by atoms with Crippen molar-refractivity contribution in [3.63, 3.8) is 0 Å². The van der Waals surface area contributed by atoms with E-state index >= 15 is 0 Å². The lowest BCUT2D eigenvalue weighted by Crippen LogP contribution is -2.44. The van der Waals surface area contributed by atoms with Crippen molar-refractivity contribution in [1.29, 1.82) is 0 Å². The lowest BCUT2D eigenvalue weighted by molar-refractivity contribution is -0.156. The molecule has 0 bridgehead atoms. The number of hydrogen-bond donors (Lipinski definition) is 0. The van der Waals surface area contributed by atoms with E-state index in [0.717, 1.165) is 5.57 Å². The zero-order valence-corrected chi connectivity index (χ0v) is 14.7. The largest absolute Gasteiger partial charge is 0.460 e. The zero-order chi connectivity index (χ0) is 17.1. The second-order valence-electron chi connectivity index (χ2n) is 7.82. The molecule has 0 aromatic heterocycles. The van der Waals surface area contributed by atoms with Crippen molar-refractivity contribution in [3.8, 4) is 0 Å². The molecule has 1 heterocycles. The molecule has 0 spiro atoms. The van der Waals surface area contributed by atoms with Crippen LogP contribution in [0.15, 0.2) is 12.2 Å². The quantitative estimate of drug-likeness (QED) is 0.578. The Kier molecular flexibility index (Phi) is 5.65. The summed E-state index contributed by atoms with van der Waals surface area (Å²) in [7, 11) is 0. The van der Waals surface area contributed by atoms with Crippen LogP contribution in [0.5, 0.6) is 0 Å². The SMILES string of the molecule is C=C1CCN(C(=O)OC(C)(C)C)C[C@H]1CC(=O)OC(C)(C)C. The monoisotopic (exact) mass is 311 g/mol. The molecule has 1 aliphatic heterocycles. The van der Waals surface area contributed by atoms with E-state index in [1.54, 1.807) is 4.90 Å². The Bertz CT molecular complexity index is 443. The van der Waals surface area contributed by atoms with E-state index < -0.39 is 11.2 Å². The van der Waals surface area contributed by atoms with Gasteiger partial charge in [-0.2, -0.15) is 0 Å². The number of hydrogen-bond acceptors (Lipinski definition) is 4. The van der Waals surface area contributed by atoms with Gasteiger partial charge in [-0.25, -0.2) is 4.79 Å². The Hall–Kier alpha value is -1.52. The first kappa shape index (κ1) is 18.5. The predicted molar refractivity (Wildman–Crippen MR) is 85.5 cm³/mol. The fraction of sp³-hybridized carbons (Fsp3) is 0.765. The predicted octanol–water partition coefficient (Wildman–Crippen LogP) is 3.53. The number of rotatable bonds is 2. The molecule has 0 N–H and O–H groups in total. The summed E-state index contributed by atoms with van der Waals surface area (Å²) in [6.45, 7) is 16.1. The number of carbonyl (C=O) groups is 2. The number of ether oxygens (including phenoxy) is 2. The lowest BCUT2D eigenvalue weighted by Gasteiger charge is -2.35. The first-order chi connectivity index (χ1) is 9.87. The normalized spacial score (nSPS) is 19.8. The van der Waals surface area contributed by atoms with Crippen molar-refractivity contribution < 1.29 is 19.1 Å². The van der Waals surface area contributed by atoms with Crippen molar-refractivity contribution in [2.75, 3.05) is 13.1 Å². The van der Waals surface area contributed by atoms with E-state index in [-0.39, 0.29) is 24.4 Å². The fourth-order valence-electron chi connectivity index (χ4n) is 2.25. The average molecular weight is 311 g/mol. The van der Waals surface area contributed by atoms with Crippen LogP contribution in [0.2, 0.25) is 0 Å². The van der Waals surface area contributed by atoms with Gasteiger partial charge in [0.05, 0.1) is 6.42 Å². The molecule has 1 aliphatic rings. The second kappa shape index (κ2) is 6.71. The van der Waals surface area contributed by atoms with Crippen LogP contribution in [-0.2, 0) is 14.3 Å². The van der Waals surface area contributed by atoms with Gasteiger partial charge in [-0.05, 0) is 48.0 Å². The highest BCUT2D eigenvalue weighted by Crippen LogP contribution is 2.26. The summed E-state index contributed by atoms with van der Waals surface area (Å²) in [6, 6.07) is 0. The molecule has 0 radical (unpaired) electrons. The Balaban J connectivity index is 2.62. The topological polar surface area (TPSA) is 55.8 Å². The Morgan fingerprint density at radius 1 is 1.14 bits per heavy atom. The number of amides is 1. The number of nitrogens with zero attached hydrogens (tertiary/aromatic N) is 1. The molecule has 5 nitrogen and oxygen atoms in total. The fourth-order valence-corrected chi connectivity index (χ4v) is 2.25. The van der Waals surface area contributed by atoms with Crippen LogP contribution in [0.25, 0.3) is 0 Å². The molecule has 22 heavy (non-hydrogen) atoms. The smallest absolute Gasteiger partial charge is 0.410 e. The highest BCUT2D eigenvalue weighted by molar-refractivity contribution is 5.71. The lowest BCUT2D eigenvalue weighted by atomic mass is 9.90. The minimum atomic E-state index is -0.522. The standard InChI is InChI=1S/C17H29NO4/c1-12-8-9-18(15(20)22-17(5,6)7)11-13(12)10-14(19)21-16(2,3)4/h13H,1,8-11H2,2-7H3/t13-/m1/s1. The van der Waals surface area contributed by atoms with Gasteiger partial charge >= 0.3 is 12.1 Å². The summed E-state index contributed by atoms with van der Waals surface area (Å²) in [4.78, 5) is 25.8. The first-order valence-corrected chi connectivity index (χ1v) is 7.75. The number of esters is 1. The van der Waals surface area contributed by atoms with E-state index in [1.807, 2.05) is 41.5 Å². The van der Waals surface area contributed by atoms with Gasteiger partial charge in [-0.3, -0.25) is 4.79 Å². The van der Waals surface area contributed by atoms with Gasteiger partial charge in [-0.1, -0.05) is 12.2 Å². The minimum Gasteiger partial charge on any atom is -0.460 e. The van der Waals surface area contributed by atoms with Gasteiger partial charge in [0.25, 0.3) is 0 Å². The van der Waals surface area contributed by atoms with Gasteiger partial charge in [0.1, 0.15) is 11.2 Å². The highest BCUT2D eigenvalue weighted by atomic mass is 16.6. The van der Waals surface area contributed by atoms with Gasteiger partial charge in [0.2, 0.25) is 0 Å². The minimum absolute atomic E-state index is 0.0730. The summed E-state index contributed by atoms with van der Waals surface area (Å²) >= 11 is 0. The van der Waals surface area contributed by atoms with Gasteiger partial charge in [-0.15, -0.1) is 0 Å². The molecular formula is C17H29NO4. The molecule has 1 rings (SSSR count). The molecule has 1 amide bonds. The molecule has 1 atom stereocenters. The zero-order valence-electron chi connectivity index (χ0n) is 14.7. The van der Waals surface area contributed by atoms with Crippen LogP contribution >= 0.6 is 0 Å². The molecule has 5 heteroatoms. The van der Waals surface area contributed by atoms with E-state index in [9.17, 15) is 9.59 Å². The van der Waals surface area contributed by atoms with Crippen LogP contribution in [0.1, 0.15) is 54.4 Å². The average Bonchev–Trinajstić information content (AvgIpc) is 2.27. The van der Waals surface area contributed by atoms with Crippen LogP contribution in [-0.4, -0.2) is 41.3 Å². The maximum Gasteiger partial charge on any atom is 0.410 e. The third kappa shape index (κ3) is 6.50. The van der Waals surface area contributed by atoms with E-state index in [1.165, 1.54) is 0 Å². The third-order valence-corrected chi connectivity index (χ3v) is 3.21. The van der Waals surface area contributed by atoms with E-state index in [0.29, 0.717) is 19.5 Å². The molecule has 0 aliphatic carbocycles. The molecule has 0 unspecified atom stereocenters. The van der Waals surface area contributed by atoms with Crippen LogP contribution in [0, 0.1) is 5.92 Å². The molecule has 0 aromatic carbocycles. The van der Waals surface area contributed by atoms with E-state index in [2.05, 4.69) is 6.58 Å². The number of carbonyl (C=O) groups excluding carboxylic acids is 2. The summed E-state index contributed by atoms with van der Waals surface area (Å²) < 4.78 is 10.7. The van der Waals surface area contributed by atoms with Crippen LogP contribution in [0.4, 0.5) is 4.79 Å². The summed E-state index contributed by atoms with van der Waals surface area (Å²) in [5.74, 6) is -0.333. The first-order valence-electron chi connectivity index (χ1n) is 7.75. The van der Waals surface area contributed by atoms with Gasteiger partial charge in [0.15, 0.2) is 0 Å². The summed E-state index contributed by atoms with van der Waals surface area (Å²) in [6.07, 6.45) is 0.594.